The molecule has 1 atom stereocenters. The van der Waals surface area contributed by atoms with Crippen LogP contribution in [0.1, 0.15) is 27.9 Å². The number of amides is 2. The van der Waals surface area contributed by atoms with Crippen molar-refractivity contribution < 1.29 is 37.0 Å². The molecule has 1 fully saturated rings. The Morgan fingerprint density at radius 1 is 1.05 bits per heavy atom. The topological polar surface area (TPSA) is 97.3 Å². The third kappa shape index (κ3) is 7.66. The SMILES string of the molecule is COC(=O)c1ccc(NC(=O)C2CC(=O)N(CCc3ccc(OC)cc3)C(=Nc3cccc(C(F)(F)F)c3)S2)cc1. The molecule has 3 aromatic rings. The fourth-order valence-corrected chi connectivity index (χ4v) is 5.11. The van der Waals surface area contributed by atoms with Gasteiger partial charge < -0.3 is 14.8 Å². The summed E-state index contributed by atoms with van der Waals surface area (Å²) in [6.45, 7) is 0.208. The highest BCUT2D eigenvalue weighted by molar-refractivity contribution is 8.15. The van der Waals surface area contributed by atoms with Crippen LogP contribution in [-0.4, -0.2) is 53.9 Å². The minimum absolute atomic E-state index is 0.00373. The van der Waals surface area contributed by atoms with Crippen molar-refractivity contribution in [3.05, 3.63) is 89.5 Å². The van der Waals surface area contributed by atoms with Gasteiger partial charge in [-0.15, -0.1) is 0 Å². The predicted octanol–water partition coefficient (Wildman–Crippen LogP) is 5.70. The predicted molar refractivity (Wildman–Crippen MR) is 149 cm³/mol. The van der Waals surface area contributed by atoms with Crippen LogP contribution in [0.25, 0.3) is 0 Å². The first-order valence-corrected chi connectivity index (χ1v) is 13.3. The van der Waals surface area contributed by atoms with Crippen molar-refractivity contribution in [3.8, 4) is 5.75 Å². The molecular formula is C29H26F3N3O5S. The Morgan fingerprint density at radius 3 is 2.39 bits per heavy atom. The van der Waals surface area contributed by atoms with Crippen LogP contribution < -0.4 is 10.1 Å². The number of anilines is 1. The van der Waals surface area contributed by atoms with Crippen LogP contribution in [-0.2, 0) is 26.9 Å². The van der Waals surface area contributed by atoms with Crippen molar-refractivity contribution in [2.75, 3.05) is 26.1 Å². The molecule has 12 heteroatoms. The zero-order valence-corrected chi connectivity index (χ0v) is 22.9. The number of esters is 1. The molecule has 1 heterocycles. The molecule has 4 rings (SSSR count). The molecule has 2 amide bonds. The van der Waals surface area contributed by atoms with Gasteiger partial charge in [0.15, 0.2) is 5.17 Å². The van der Waals surface area contributed by atoms with Gasteiger partial charge in [-0.1, -0.05) is 30.0 Å². The van der Waals surface area contributed by atoms with Gasteiger partial charge in [-0.2, -0.15) is 13.2 Å². The molecule has 1 aliphatic rings. The van der Waals surface area contributed by atoms with Crippen molar-refractivity contribution in [3.63, 3.8) is 0 Å². The van der Waals surface area contributed by atoms with Gasteiger partial charge in [0.25, 0.3) is 0 Å². The van der Waals surface area contributed by atoms with E-state index in [0.29, 0.717) is 23.4 Å². The Balaban J connectivity index is 1.56. The summed E-state index contributed by atoms with van der Waals surface area (Å²) >= 11 is 0.999. The maximum atomic E-state index is 13.3. The Labute approximate surface area is 238 Å². The van der Waals surface area contributed by atoms with Crippen LogP contribution in [0.5, 0.6) is 5.75 Å². The molecule has 0 radical (unpaired) electrons. The van der Waals surface area contributed by atoms with Crippen LogP contribution in [0.4, 0.5) is 24.5 Å². The Kier molecular flexibility index (Phi) is 9.33. The number of carbonyl (C=O) groups excluding carboxylic acids is 3. The molecule has 1 aliphatic heterocycles. The van der Waals surface area contributed by atoms with Gasteiger partial charge in [0.2, 0.25) is 11.8 Å². The normalized spacial score (nSPS) is 16.4. The molecule has 1 saturated heterocycles. The van der Waals surface area contributed by atoms with E-state index in [1.54, 1.807) is 19.2 Å². The fraction of sp³-hybridized carbons (Fsp3) is 0.241. The number of halogens is 3. The van der Waals surface area contributed by atoms with E-state index in [-0.39, 0.29) is 29.7 Å². The lowest BCUT2D eigenvalue weighted by Crippen LogP contribution is -2.46. The molecule has 3 aromatic carbocycles. The van der Waals surface area contributed by atoms with E-state index in [2.05, 4.69) is 15.0 Å². The van der Waals surface area contributed by atoms with Gasteiger partial charge in [-0.05, 0) is 66.6 Å². The molecule has 1 N–H and O–H groups in total. The van der Waals surface area contributed by atoms with Gasteiger partial charge in [0.1, 0.15) is 11.0 Å². The van der Waals surface area contributed by atoms with Gasteiger partial charge in [-0.25, -0.2) is 9.79 Å². The van der Waals surface area contributed by atoms with E-state index in [4.69, 9.17) is 4.74 Å². The molecule has 0 spiro atoms. The summed E-state index contributed by atoms with van der Waals surface area (Å²) in [6, 6.07) is 17.8. The number of hydrogen-bond donors (Lipinski definition) is 1. The average Bonchev–Trinajstić information content (AvgIpc) is 2.96. The number of methoxy groups -OCH3 is 2. The number of hydrogen-bond acceptors (Lipinski definition) is 7. The van der Waals surface area contributed by atoms with E-state index in [1.165, 1.54) is 48.4 Å². The van der Waals surface area contributed by atoms with E-state index in [1.807, 2.05) is 12.1 Å². The minimum Gasteiger partial charge on any atom is -0.497 e. The first kappa shape index (κ1) is 29.7. The van der Waals surface area contributed by atoms with E-state index >= 15 is 0 Å². The second kappa shape index (κ2) is 12.9. The largest absolute Gasteiger partial charge is 0.497 e. The van der Waals surface area contributed by atoms with Crippen molar-refractivity contribution in [2.24, 2.45) is 4.99 Å². The third-order valence-electron chi connectivity index (χ3n) is 6.19. The van der Waals surface area contributed by atoms with Gasteiger partial charge in [0, 0.05) is 18.7 Å². The van der Waals surface area contributed by atoms with Crippen LogP contribution in [0.2, 0.25) is 0 Å². The summed E-state index contributed by atoms with van der Waals surface area (Å²) in [5.41, 5.74) is 0.743. The summed E-state index contributed by atoms with van der Waals surface area (Å²) < 4.78 is 49.8. The standard InChI is InChI=1S/C29H26F3N3O5S/c1-39-23-12-6-18(7-13-23)14-15-35-25(36)17-24(26(37)33-21-10-8-19(9-11-21)27(38)40-2)41-28(35)34-22-5-3-4-20(16-22)29(30,31)32/h3-13,16,24H,14-15,17H2,1-2H3,(H,33,37). The first-order valence-electron chi connectivity index (χ1n) is 12.4. The highest BCUT2D eigenvalue weighted by atomic mass is 32.2. The third-order valence-corrected chi connectivity index (χ3v) is 7.37. The number of alkyl halides is 3. The molecule has 214 valence electrons. The number of benzene rings is 3. The second-order valence-electron chi connectivity index (χ2n) is 8.95. The van der Waals surface area contributed by atoms with E-state index in [0.717, 1.165) is 29.5 Å². The molecule has 0 bridgehead atoms. The quantitative estimate of drug-likeness (QED) is 0.341. The highest BCUT2D eigenvalue weighted by Crippen LogP contribution is 2.34. The smallest absolute Gasteiger partial charge is 0.416 e. The van der Waals surface area contributed by atoms with E-state index in [9.17, 15) is 27.6 Å². The summed E-state index contributed by atoms with van der Waals surface area (Å²) in [5, 5.41) is 1.95. The lowest BCUT2D eigenvalue weighted by atomic mass is 10.1. The first-order chi connectivity index (χ1) is 19.6. The lowest BCUT2D eigenvalue weighted by molar-refractivity contribution is -0.137. The van der Waals surface area contributed by atoms with Crippen LogP contribution in [0.15, 0.2) is 77.8 Å². The van der Waals surface area contributed by atoms with E-state index < -0.39 is 28.9 Å². The summed E-state index contributed by atoms with van der Waals surface area (Å²) in [7, 11) is 2.81. The molecule has 0 aliphatic carbocycles. The van der Waals surface area contributed by atoms with Crippen molar-refractivity contribution >= 4 is 46.1 Å². The summed E-state index contributed by atoms with van der Waals surface area (Å²) in [5.74, 6) is -0.717. The Bertz CT molecular complexity index is 1440. The number of rotatable bonds is 8. The van der Waals surface area contributed by atoms with Gasteiger partial charge >= 0.3 is 12.1 Å². The summed E-state index contributed by atoms with van der Waals surface area (Å²) in [4.78, 5) is 43.8. The number of ether oxygens (including phenoxy) is 2. The van der Waals surface area contributed by atoms with Crippen molar-refractivity contribution in [2.45, 2.75) is 24.3 Å². The minimum atomic E-state index is -4.56. The zero-order valence-electron chi connectivity index (χ0n) is 22.1. The maximum Gasteiger partial charge on any atom is 0.416 e. The van der Waals surface area contributed by atoms with Crippen LogP contribution in [0.3, 0.4) is 0 Å². The second-order valence-corrected chi connectivity index (χ2v) is 10.1. The zero-order chi connectivity index (χ0) is 29.6. The molecule has 41 heavy (non-hydrogen) atoms. The van der Waals surface area contributed by atoms with Crippen molar-refractivity contribution in [1.29, 1.82) is 0 Å². The number of nitrogens with one attached hydrogen (secondary N) is 1. The highest BCUT2D eigenvalue weighted by Gasteiger charge is 2.36. The van der Waals surface area contributed by atoms with Gasteiger partial charge in [0.05, 0.1) is 31.0 Å². The molecule has 8 nitrogen and oxygen atoms in total. The summed E-state index contributed by atoms with van der Waals surface area (Å²) in [6.07, 6.45) is -4.26. The molecule has 0 aromatic heterocycles. The number of nitrogens with zero attached hydrogens (tertiary/aromatic N) is 2. The van der Waals surface area contributed by atoms with Crippen molar-refractivity contribution in [1.82, 2.24) is 4.90 Å². The fourth-order valence-electron chi connectivity index (χ4n) is 3.99. The maximum absolute atomic E-state index is 13.3. The molecule has 1 unspecified atom stereocenters. The number of aliphatic imine (C=N–C) groups is 1. The monoisotopic (exact) mass is 585 g/mol. The lowest BCUT2D eigenvalue weighted by Gasteiger charge is -2.32. The average molecular weight is 586 g/mol. The Hall–Kier alpha value is -4.32. The molecule has 0 saturated carbocycles. The number of carbonyl (C=O) groups is 3. The Morgan fingerprint density at radius 2 is 1.76 bits per heavy atom. The molecular weight excluding hydrogens is 559 g/mol. The van der Waals surface area contributed by atoms with Gasteiger partial charge in [-0.3, -0.25) is 14.5 Å². The number of amidine groups is 1. The number of thioether (sulfide) groups is 1. The van der Waals surface area contributed by atoms with Crippen LogP contribution >= 0.6 is 11.8 Å². The van der Waals surface area contributed by atoms with Crippen LogP contribution in [0, 0.1) is 0 Å².